The van der Waals surface area contributed by atoms with E-state index < -0.39 is 16.1 Å². The number of aromatic nitrogens is 1. The number of carboxylic acid groups (broad SMARTS) is 1. The van der Waals surface area contributed by atoms with Crippen LogP contribution in [0.2, 0.25) is 0 Å². The highest BCUT2D eigenvalue weighted by molar-refractivity contribution is 7.86. The molecule has 0 bridgehead atoms. The molecule has 1 aromatic heterocycles. The Labute approximate surface area is 125 Å². The lowest BCUT2D eigenvalue weighted by Gasteiger charge is -2.02. The van der Waals surface area contributed by atoms with Crippen molar-refractivity contribution in [1.29, 1.82) is 0 Å². The molecule has 1 aromatic carbocycles. The zero-order valence-electron chi connectivity index (χ0n) is 11.0. The summed E-state index contributed by atoms with van der Waals surface area (Å²) in [7, 11) is -4.34. The van der Waals surface area contributed by atoms with Gasteiger partial charge in [0.1, 0.15) is 10.7 Å². The summed E-state index contributed by atoms with van der Waals surface area (Å²) in [5, 5.41) is 12.5. The number of hydrogen-bond acceptors (Lipinski definition) is 6. The molecule has 0 aliphatic rings. The molecule has 0 fully saturated rings. The second-order valence-electron chi connectivity index (χ2n) is 4.12. The minimum Gasteiger partial charge on any atom is -0.478 e. The van der Waals surface area contributed by atoms with Crippen LogP contribution in [0.15, 0.2) is 52.6 Å². The van der Waals surface area contributed by atoms with Crippen LogP contribution in [-0.4, -0.2) is 35.2 Å². The zero-order valence-corrected chi connectivity index (χ0v) is 11.9. The third kappa shape index (κ3) is 3.87. The molecule has 9 heteroatoms. The quantitative estimate of drug-likeness (QED) is 0.432. The first kappa shape index (κ1) is 15.6. The lowest BCUT2D eigenvalue weighted by molar-refractivity contribution is 0.0696. The van der Waals surface area contributed by atoms with Crippen molar-refractivity contribution in [2.45, 2.75) is 4.90 Å². The van der Waals surface area contributed by atoms with Gasteiger partial charge in [0, 0.05) is 11.8 Å². The van der Waals surface area contributed by atoms with Crippen molar-refractivity contribution in [3.05, 3.63) is 53.7 Å². The van der Waals surface area contributed by atoms with E-state index in [0.717, 1.165) is 6.20 Å². The van der Waals surface area contributed by atoms with E-state index >= 15 is 0 Å². The number of nitrogens with one attached hydrogen (secondary N) is 1. The van der Waals surface area contributed by atoms with Gasteiger partial charge in [-0.25, -0.2) is 9.78 Å². The predicted molar refractivity (Wildman–Crippen MR) is 78.7 cm³/mol. The van der Waals surface area contributed by atoms with Gasteiger partial charge in [0.2, 0.25) is 0 Å². The summed E-state index contributed by atoms with van der Waals surface area (Å²) >= 11 is 0. The molecule has 22 heavy (non-hydrogen) atoms. The molecule has 2 rings (SSSR count). The maximum absolute atomic E-state index is 11.2. The number of rotatable bonds is 5. The number of carboxylic acids is 1. The van der Waals surface area contributed by atoms with Crippen LogP contribution in [0.1, 0.15) is 15.9 Å². The van der Waals surface area contributed by atoms with Crippen LogP contribution < -0.4 is 5.43 Å². The summed E-state index contributed by atoms with van der Waals surface area (Å²) in [6, 6.07) is 8.54. The summed E-state index contributed by atoms with van der Waals surface area (Å²) in [5.74, 6) is -0.810. The summed E-state index contributed by atoms with van der Waals surface area (Å²) in [6.45, 7) is 0. The fourth-order valence-corrected chi connectivity index (χ4v) is 2.25. The number of anilines is 1. The fraction of sp³-hybridized carbons (Fsp3) is 0. The molecule has 0 amide bonds. The Kier molecular flexibility index (Phi) is 4.49. The van der Waals surface area contributed by atoms with Crippen molar-refractivity contribution >= 4 is 28.1 Å². The van der Waals surface area contributed by atoms with Gasteiger partial charge in [0.25, 0.3) is 10.1 Å². The fourth-order valence-electron chi connectivity index (χ4n) is 1.58. The third-order valence-electron chi connectivity index (χ3n) is 2.59. The standard InChI is InChI=1S/C13H11N3O5S/c17-13(18)10-5-6-12(14-7-10)16-15-8-9-3-1-2-4-11(9)22(19,20)21/h1-8H,(H,14,16)(H,17,18)(H,19,20,21)/b15-8+. The van der Waals surface area contributed by atoms with Crippen molar-refractivity contribution in [1.82, 2.24) is 4.98 Å². The molecule has 0 aliphatic heterocycles. The molecule has 0 unspecified atom stereocenters. The molecular formula is C13H11N3O5S. The van der Waals surface area contributed by atoms with E-state index in [-0.39, 0.29) is 21.8 Å². The van der Waals surface area contributed by atoms with E-state index in [4.69, 9.17) is 9.66 Å². The van der Waals surface area contributed by atoms with Crippen LogP contribution in [0.4, 0.5) is 5.82 Å². The number of nitrogens with zero attached hydrogens (tertiary/aromatic N) is 2. The van der Waals surface area contributed by atoms with Crippen LogP contribution >= 0.6 is 0 Å². The summed E-state index contributed by atoms with van der Waals surface area (Å²) in [4.78, 5) is 14.2. The molecule has 0 saturated heterocycles. The topological polar surface area (TPSA) is 129 Å². The maximum atomic E-state index is 11.2. The summed E-state index contributed by atoms with van der Waals surface area (Å²) in [6.07, 6.45) is 2.36. The first-order valence-corrected chi connectivity index (χ1v) is 7.37. The van der Waals surface area contributed by atoms with E-state index in [2.05, 4.69) is 15.5 Å². The minimum atomic E-state index is -4.34. The summed E-state index contributed by atoms with van der Waals surface area (Å²) in [5.41, 5.74) is 2.75. The molecule has 2 aromatic rings. The molecule has 0 radical (unpaired) electrons. The summed E-state index contributed by atoms with van der Waals surface area (Å²) < 4.78 is 31.5. The van der Waals surface area contributed by atoms with Crippen LogP contribution in [0, 0.1) is 0 Å². The van der Waals surface area contributed by atoms with Gasteiger partial charge in [-0.3, -0.25) is 9.98 Å². The van der Waals surface area contributed by atoms with Gasteiger partial charge in [-0.05, 0) is 18.2 Å². The smallest absolute Gasteiger partial charge is 0.337 e. The van der Waals surface area contributed by atoms with Gasteiger partial charge in [-0.2, -0.15) is 13.5 Å². The van der Waals surface area contributed by atoms with Crippen molar-refractivity contribution < 1.29 is 22.9 Å². The normalized spacial score (nSPS) is 11.5. The third-order valence-corrected chi connectivity index (χ3v) is 3.52. The molecule has 0 saturated carbocycles. The Morgan fingerprint density at radius 1 is 1.23 bits per heavy atom. The lowest BCUT2D eigenvalue weighted by atomic mass is 10.2. The van der Waals surface area contributed by atoms with Crippen LogP contribution in [0.5, 0.6) is 0 Å². The van der Waals surface area contributed by atoms with Crippen LogP contribution in [-0.2, 0) is 10.1 Å². The van der Waals surface area contributed by atoms with E-state index in [1.54, 1.807) is 6.07 Å². The van der Waals surface area contributed by atoms with E-state index in [1.165, 1.54) is 36.5 Å². The van der Waals surface area contributed by atoms with Gasteiger partial charge in [-0.15, -0.1) is 0 Å². The molecule has 0 atom stereocenters. The predicted octanol–water partition coefficient (Wildman–Crippen LogP) is 1.47. The molecule has 1 heterocycles. The average molecular weight is 321 g/mol. The molecule has 0 aliphatic carbocycles. The van der Waals surface area contributed by atoms with Gasteiger partial charge in [0.05, 0.1) is 11.8 Å². The van der Waals surface area contributed by atoms with Gasteiger partial charge >= 0.3 is 5.97 Å². The Morgan fingerprint density at radius 2 is 1.95 bits per heavy atom. The highest BCUT2D eigenvalue weighted by Gasteiger charge is 2.12. The van der Waals surface area contributed by atoms with Crippen molar-refractivity contribution in [3.63, 3.8) is 0 Å². The first-order chi connectivity index (χ1) is 10.4. The number of carbonyl (C=O) groups is 1. The lowest BCUT2D eigenvalue weighted by Crippen LogP contribution is -2.03. The zero-order chi connectivity index (χ0) is 16.2. The van der Waals surface area contributed by atoms with Crippen molar-refractivity contribution in [3.8, 4) is 0 Å². The monoisotopic (exact) mass is 321 g/mol. The largest absolute Gasteiger partial charge is 0.478 e. The van der Waals surface area contributed by atoms with E-state index in [9.17, 15) is 13.2 Å². The van der Waals surface area contributed by atoms with Gasteiger partial charge in [-0.1, -0.05) is 18.2 Å². The Balaban J connectivity index is 2.15. The Bertz CT molecular complexity index is 816. The van der Waals surface area contributed by atoms with Gasteiger partial charge in [0.15, 0.2) is 0 Å². The number of hydrogen-bond donors (Lipinski definition) is 3. The molecule has 0 spiro atoms. The van der Waals surface area contributed by atoms with E-state index in [0.29, 0.717) is 0 Å². The van der Waals surface area contributed by atoms with Crippen molar-refractivity contribution in [2.24, 2.45) is 5.10 Å². The second kappa shape index (κ2) is 6.33. The highest BCUT2D eigenvalue weighted by atomic mass is 32.2. The number of aromatic carboxylic acids is 1. The minimum absolute atomic E-state index is 0.0336. The first-order valence-electron chi connectivity index (χ1n) is 5.93. The average Bonchev–Trinajstić information content (AvgIpc) is 2.47. The molecular weight excluding hydrogens is 310 g/mol. The number of pyridine rings is 1. The Morgan fingerprint density at radius 3 is 2.55 bits per heavy atom. The van der Waals surface area contributed by atoms with Crippen molar-refractivity contribution in [2.75, 3.05) is 5.43 Å². The molecule has 114 valence electrons. The SMILES string of the molecule is O=C(O)c1ccc(N/N=C/c2ccccc2S(=O)(=O)O)nc1. The molecule has 8 nitrogen and oxygen atoms in total. The maximum Gasteiger partial charge on any atom is 0.337 e. The highest BCUT2D eigenvalue weighted by Crippen LogP contribution is 2.13. The second-order valence-corrected chi connectivity index (χ2v) is 5.51. The van der Waals surface area contributed by atoms with Gasteiger partial charge < -0.3 is 5.11 Å². The molecule has 3 N–H and O–H groups in total. The number of hydrazone groups is 1. The number of benzene rings is 1. The Hall–Kier alpha value is -2.78. The van der Waals surface area contributed by atoms with E-state index in [1.807, 2.05) is 0 Å². The van der Waals surface area contributed by atoms with Crippen LogP contribution in [0.3, 0.4) is 0 Å². The van der Waals surface area contributed by atoms with Crippen LogP contribution in [0.25, 0.3) is 0 Å².